The van der Waals surface area contributed by atoms with Crippen molar-refractivity contribution in [3.05, 3.63) is 40.9 Å². The fourth-order valence-electron chi connectivity index (χ4n) is 3.52. The maximum Gasteiger partial charge on any atom is 0.416 e. The topological polar surface area (TPSA) is 46.9 Å². The summed E-state index contributed by atoms with van der Waals surface area (Å²) >= 11 is 1.25. The first kappa shape index (κ1) is 20.8. The summed E-state index contributed by atoms with van der Waals surface area (Å²) < 4.78 is 44.8. The summed E-state index contributed by atoms with van der Waals surface area (Å²) in [6.45, 7) is 7.80. The highest BCUT2D eigenvalue weighted by Gasteiger charge is 2.32. The molecule has 9 heteroatoms. The van der Waals surface area contributed by atoms with E-state index in [1.54, 1.807) is 0 Å². The van der Waals surface area contributed by atoms with Crippen molar-refractivity contribution < 1.29 is 27.6 Å². The van der Waals surface area contributed by atoms with Crippen LogP contribution in [0.5, 0.6) is 0 Å². The van der Waals surface area contributed by atoms with Gasteiger partial charge in [-0.05, 0) is 32.0 Å². The first-order valence-corrected chi connectivity index (χ1v) is 9.93. The Morgan fingerprint density at radius 3 is 2.61 bits per heavy atom. The molecule has 5 nitrogen and oxygen atoms in total. The Bertz CT molecular complexity index is 830. The van der Waals surface area contributed by atoms with Crippen molar-refractivity contribution in [2.75, 3.05) is 18.0 Å². The van der Waals surface area contributed by atoms with Gasteiger partial charge in [-0.2, -0.15) is 13.2 Å². The lowest BCUT2D eigenvalue weighted by molar-refractivity contribution is -0.928. The third kappa shape index (κ3) is 4.89. The van der Waals surface area contributed by atoms with E-state index in [9.17, 15) is 18.0 Å². The summed E-state index contributed by atoms with van der Waals surface area (Å²) in [5, 5.41) is 2.23. The van der Waals surface area contributed by atoms with Crippen LogP contribution in [-0.4, -0.2) is 36.2 Å². The molecule has 1 aliphatic rings. The zero-order valence-corrected chi connectivity index (χ0v) is 16.7. The third-order valence-electron chi connectivity index (χ3n) is 4.53. The van der Waals surface area contributed by atoms with Gasteiger partial charge >= 0.3 is 6.18 Å². The number of nitrogens with zero attached hydrogens (tertiary/aromatic N) is 2. The van der Waals surface area contributed by atoms with E-state index in [-0.39, 0.29) is 23.8 Å². The number of ether oxygens (including phenoxy) is 1. The number of hydrogen-bond acceptors (Lipinski definition) is 4. The van der Waals surface area contributed by atoms with Crippen molar-refractivity contribution >= 4 is 28.1 Å². The molecule has 0 spiro atoms. The molecule has 1 fully saturated rings. The molecule has 0 saturated carbocycles. The van der Waals surface area contributed by atoms with Gasteiger partial charge < -0.3 is 9.64 Å². The molecular weight excluding hydrogens is 391 g/mol. The van der Waals surface area contributed by atoms with Crippen LogP contribution in [0.15, 0.2) is 29.6 Å². The summed E-state index contributed by atoms with van der Waals surface area (Å²) in [6.07, 6.45) is -4.15. The number of alkyl halides is 3. The summed E-state index contributed by atoms with van der Waals surface area (Å²) in [4.78, 5) is 19.3. The lowest BCUT2D eigenvalue weighted by Crippen LogP contribution is -3.14. The van der Waals surface area contributed by atoms with Crippen LogP contribution in [0, 0.1) is 0 Å². The normalized spacial score (nSPS) is 22.9. The Hall–Kier alpha value is -1.97. The summed E-state index contributed by atoms with van der Waals surface area (Å²) in [7, 11) is 0. The number of thiazole rings is 1. The van der Waals surface area contributed by atoms with E-state index in [1.165, 1.54) is 40.2 Å². The second-order valence-electron chi connectivity index (χ2n) is 7.12. The molecule has 1 saturated heterocycles. The fraction of sp³-hybridized carbons (Fsp3) is 0.474. The van der Waals surface area contributed by atoms with Crippen LogP contribution in [0.2, 0.25) is 0 Å². The predicted molar refractivity (Wildman–Crippen MR) is 101 cm³/mol. The second kappa shape index (κ2) is 8.18. The Morgan fingerprint density at radius 1 is 1.32 bits per heavy atom. The zero-order valence-electron chi connectivity index (χ0n) is 15.9. The predicted octanol–water partition coefficient (Wildman–Crippen LogP) is 3.04. The Labute approximate surface area is 165 Å². The maximum atomic E-state index is 13.0. The molecule has 1 N–H and O–H groups in total. The van der Waals surface area contributed by atoms with Gasteiger partial charge in [-0.15, -0.1) is 11.3 Å². The molecule has 28 heavy (non-hydrogen) atoms. The highest BCUT2D eigenvalue weighted by molar-refractivity contribution is 7.14. The molecule has 3 rings (SSSR count). The minimum absolute atomic E-state index is 0.157. The van der Waals surface area contributed by atoms with Crippen molar-refractivity contribution in [3.8, 4) is 0 Å². The number of halogens is 3. The lowest BCUT2D eigenvalue weighted by Gasteiger charge is -2.31. The largest absolute Gasteiger partial charge is 0.416 e. The number of anilines is 2. The number of nitrogens with one attached hydrogen (secondary N) is 1. The van der Waals surface area contributed by atoms with Gasteiger partial charge in [0.05, 0.1) is 11.3 Å². The molecule has 2 aromatic rings. The van der Waals surface area contributed by atoms with E-state index < -0.39 is 11.7 Å². The van der Waals surface area contributed by atoms with E-state index in [1.807, 2.05) is 19.2 Å². The van der Waals surface area contributed by atoms with Crippen LogP contribution in [-0.2, 0) is 22.3 Å². The standard InChI is InChI=1S/C19H22F3N3O2S/c1-12-8-24(9-13(2)27-12)10-16-11-28-18(23-16)25(14(3)26)17-6-4-5-15(7-17)19(20,21)22/h4-7,11-13H,8-10H2,1-3H3/p+1/t12-,13+. The second-order valence-corrected chi connectivity index (χ2v) is 7.95. The van der Waals surface area contributed by atoms with Crippen LogP contribution < -0.4 is 9.80 Å². The number of quaternary nitrogens is 1. The first-order chi connectivity index (χ1) is 13.1. The molecular formula is C19H23F3N3O2S+. The number of carbonyl (C=O) groups is 1. The summed E-state index contributed by atoms with van der Waals surface area (Å²) in [6, 6.07) is 4.73. The average Bonchev–Trinajstić information content (AvgIpc) is 3.01. The number of rotatable bonds is 4. The van der Waals surface area contributed by atoms with Gasteiger partial charge in [0.2, 0.25) is 5.91 Å². The fourth-order valence-corrected chi connectivity index (χ4v) is 4.40. The summed E-state index contributed by atoms with van der Waals surface area (Å²) in [5.41, 5.74) is 0.174. The molecule has 2 heterocycles. The minimum Gasteiger partial charge on any atom is -0.364 e. The molecule has 0 radical (unpaired) electrons. The molecule has 3 atom stereocenters. The first-order valence-electron chi connectivity index (χ1n) is 9.05. The van der Waals surface area contributed by atoms with Gasteiger partial charge in [-0.25, -0.2) is 4.98 Å². The Morgan fingerprint density at radius 2 is 2.00 bits per heavy atom. The molecule has 1 aromatic heterocycles. The lowest BCUT2D eigenvalue weighted by atomic mass is 10.2. The number of amides is 1. The van der Waals surface area contributed by atoms with E-state index >= 15 is 0 Å². The number of carbonyl (C=O) groups excluding carboxylic acids is 1. The van der Waals surface area contributed by atoms with Gasteiger partial charge in [0.15, 0.2) is 5.13 Å². The average molecular weight is 414 g/mol. The number of morpholine rings is 1. The van der Waals surface area contributed by atoms with Crippen LogP contribution in [0.3, 0.4) is 0 Å². The van der Waals surface area contributed by atoms with Crippen molar-refractivity contribution in [3.63, 3.8) is 0 Å². The monoisotopic (exact) mass is 414 g/mol. The summed E-state index contributed by atoms with van der Waals surface area (Å²) in [5.74, 6) is -0.388. The molecule has 0 bridgehead atoms. The molecule has 0 aliphatic carbocycles. The highest BCUT2D eigenvalue weighted by atomic mass is 32.1. The van der Waals surface area contributed by atoms with Gasteiger partial charge in [-0.3, -0.25) is 9.69 Å². The molecule has 1 aromatic carbocycles. The maximum absolute atomic E-state index is 13.0. The van der Waals surface area contributed by atoms with Crippen molar-refractivity contribution in [1.82, 2.24) is 4.98 Å². The van der Waals surface area contributed by atoms with E-state index in [4.69, 9.17) is 4.74 Å². The van der Waals surface area contributed by atoms with Gasteiger partial charge in [-0.1, -0.05) is 6.07 Å². The van der Waals surface area contributed by atoms with Gasteiger partial charge in [0, 0.05) is 12.3 Å². The van der Waals surface area contributed by atoms with Gasteiger partial charge in [0.25, 0.3) is 0 Å². The SMILES string of the molecule is CC(=O)N(c1cccc(C(F)(F)F)c1)c1nc(C[NH+]2C[C@@H](C)O[C@@H](C)C2)cs1. The Balaban J connectivity index is 1.82. The van der Waals surface area contributed by atoms with E-state index in [2.05, 4.69) is 4.98 Å². The zero-order chi connectivity index (χ0) is 20.5. The quantitative estimate of drug-likeness (QED) is 0.837. The van der Waals surface area contributed by atoms with Crippen LogP contribution in [0.25, 0.3) is 0 Å². The van der Waals surface area contributed by atoms with E-state index in [0.29, 0.717) is 11.7 Å². The van der Waals surface area contributed by atoms with Gasteiger partial charge in [0.1, 0.15) is 37.5 Å². The molecule has 1 amide bonds. The van der Waals surface area contributed by atoms with Crippen molar-refractivity contribution in [2.24, 2.45) is 0 Å². The highest BCUT2D eigenvalue weighted by Crippen LogP contribution is 2.34. The smallest absolute Gasteiger partial charge is 0.364 e. The van der Waals surface area contributed by atoms with Crippen LogP contribution in [0.1, 0.15) is 32.0 Å². The number of hydrogen-bond donors (Lipinski definition) is 1. The molecule has 1 aliphatic heterocycles. The number of benzene rings is 1. The Kier molecular flexibility index (Phi) is 6.07. The van der Waals surface area contributed by atoms with Crippen LogP contribution >= 0.6 is 11.3 Å². The third-order valence-corrected chi connectivity index (χ3v) is 5.40. The molecule has 152 valence electrons. The van der Waals surface area contributed by atoms with Crippen molar-refractivity contribution in [2.45, 2.75) is 45.7 Å². The molecule has 1 unspecified atom stereocenters. The van der Waals surface area contributed by atoms with E-state index in [0.717, 1.165) is 30.9 Å². The number of aromatic nitrogens is 1. The van der Waals surface area contributed by atoms with Crippen molar-refractivity contribution in [1.29, 1.82) is 0 Å². The van der Waals surface area contributed by atoms with Crippen LogP contribution in [0.4, 0.5) is 24.0 Å². The minimum atomic E-state index is -4.47.